The minimum Gasteiger partial charge on any atom is -0.495 e. The first-order chi connectivity index (χ1) is 11.2. The third-order valence-corrected chi connectivity index (χ3v) is 4.15. The summed E-state index contributed by atoms with van der Waals surface area (Å²) in [6, 6.07) is 16.8. The quantitative estimate of drug-likeness (QED) is 0.827. The SMILES string of the molecule is CNC(=O)CN(Sc1ccc(C#N)cc1)c1ccccc1OC. The molecule has 2 aromatic carbocycles. The van der Waals surface area contributed by atoms with E-state index >= 15 is 0 Å². The molecule has 0 atom stereocenters. The molecule has 0 heterocycles. The van der Waals surface area contributed by atoms with Gasteiger partial charge in [0, 0.05) is 11.9 Å². The van der Waals surface area contributed by atoms with Gasteiger partial charge in [-0.3, -0.25) is 9.10 Å². The molecule has 1 amide bonds. The van der Waals surface area contributed by atoms with Crippen LogP contribution in [0.1, 0.15) is 5.56 Å². The number of methoxy groups -OCH3 is 1. The molecule has 2 rings (SSSR count). The molecule has 23 heavy (non-hydrogen) atoms. The van der Waals surface area contributed by atoms with E-state index in [9.17, 15) is 4.79 Å². The molecule has 0 radical (unpaired) electrons. The largest absolute Gasteiger partial charge is 0.495 e. The van der Waals surface area contributed by atoms with Gasteiger partial charge in [-0.2, -0.15) is 5.26 Å². The van der Waals surface area contributed by atoms with Crippen molar-refractivity contribution in [3.05, 3.63) is 54.1 Å². The van der Waals surface area contributed by atoms with Gasteiger partial charge < -0.3 is 10.1 Å². The van der Waals surface area contributed by atoms with Gasteiger partial charge in [0.15, 0.2) is 0 Å². The molecule has 2 aromatic rings. The third-order valence-electron chi connectivity index (χ3n) is 3.12. The maximum atomic E-state index is 11.8. The highest BCUT2D eigenvalue weighted by molar-refractivity contribution is 8.00. The summed E-state index contributed by atoms with van der Waals surface area (Å²) in [6.45, 7) is 0.182. The molecule has 0 fully saturated rings. The van der Waals surface area contributed by atoms with Crippen molar-refractivity contribution in [2.24, 2.45) is 0 Å². The highest BCUT2D eigenvalue weighted by Crippen LogP contribution is 2.35. The topological polar surface area (TPSA) is 65.4 Å². The summed E-state index contributed by atoms with van der Waals surface area (Å²) in [5.41, 5.74) is 1.41. The number of para-hydroxylation sites is 2. The van der Waals surface area contributed by atoms with E-state index in [1.807, 2.05) is 40.7 Å². The van der Waals surface area contributed by atoms with Gasteiger partial charge in [-0.05, 0) is 48.3 Å². The van der Waals surface area contributed by atoms with Crippen LogP contribution >= 0.6 is 11.9 Å². The molecule has 0 aliphatic rings. The van der Waals surface area contributed by atoms with Gasteiger partial charge in [0.1, 0.15) is 12.3 Å². The van der Waals surface area contributed by atoms with Crippen LogP contribution in [0, 0.1) is 11.3 Å². The number of hydrogen-bond acceptors (Lipinski definition) is 5. The molecule has 118 valence electrons. The number of hydrogen-bond donors (Lipinski definition) is 1. The van der Waals surface area contributed by atoms with Crippen LogP contribution in [0.4, 0.5) is 5.69 Å². The predicted molar refractivity (Wildman–Crippen MR) is 91.4 cm³/mol. The number of nitrogens with zero attached hydrogens (tertiary/aromatic N) is 2. The zero-order valence-electron chi connectivity index (χ0n) is 12.9. The molecule has 0 saturated heterocycles. The maximum Gasteiger partial charge on any atom is 0.240 e. The van der Waals surface area contributed by atoms with E-state index < -0.39 is 0 Å². The normalized spacial score (nSPS) is 9.78. The van der Waals surface area contributed by atoms with Gasteiger partial charge in [0.25, 0.3) is 0 Å². The second-order valence-corrected chi connectivity index (χ2v) is 5.70. The molecule has 0 spiro atoms. The fourth-order valence-corrected chi connectivity index (χ4v) is 2.87. The molecule has 6 heteroatoms. The Morgan fingerprint density at radius 1 is 1.26 bits per heavy atom. The minimum atomic E-state index is -0.1000. The van der Waals surface area contributed by atoms with E-state index in [0.717, 1.165) is 10.6 Å². The van der Waals surface area contributed by atoms with E-state index in [1.165, 1.54) is 11.9 Å². The summed E-state index contributed by atoms with van der Waals surface area (Å²) in [6.07, 6.45) is 0. The van der Waals surface area contributed by atoms with E-state index in [4.69, 9.17) is 10.00 Å². The van der Waals surface area contributed by atoms with E-state index in [2.05, 4.69) is 11.4 Å². The predicted octanol–water partition coefficient (Wildman–Crippen LogP) is 2.83. The van der Waals surface area contributed by atoms with Crippen LogP contribution in [0.3, 0.4) is 0 Å². The molecule has 0 saturated carbocycles. The number of nitriles is 1. The van der Waals surface area contributed by atoms with Crippen LogP contribution in [-0.2, 0) is 4.79 Å². The molecular formula is C17H17N3O2S. The van der Waals surface area contributed by atoms with Crippen LogP contribution < -0.4 is 14.4 Å². The number of ether oxygens (including phenoxy) is 1. The fraction of sp³-hybridized carbons (Fsp3) is 0.176. The molecule has 5 nitrogen and oxygen atoms in total. The van der Waals surface area contributed by atoms with Gasteiger partial charge in [-0.15, -0.1) is 0 Å². The summed E-state index contributed by atoms with van der Waals surface area (Å²) in [5.74, 6) is 0.592. The van der Waals surface area contributed by atoms with Crippen LogP contribution in [0.5, 0.6) is 5.75 Å². The molecule has 0 aliphatic carbocycles. The van der Waals surface area contributed by atoms with Gasteiger partial charge in [-0.1, -0.05) is 12.1 Å². The number of benzene rings is 2. The summed E-state index contributed by atoms with van der Waals surface area (Å²) in [5, 5.41) is 11.5. The summed E-state index contributed by atoms with van der Waals surface area (Å²) >= 11 is 1.42. The molecule has 0 unspecified atom stereocenters. The lowest BCUT2D eigenvalue weighted by molar-refractivity contribution is -0.119. The Kier molecular flexibility index (Phi) is 5.89. The fourth-order valence-electron chi connectivity index (χ4n) is 1.93. The average molecular weight is 327 g/mol. The third kappa shape index (κ3) is 4.41. The minimum absolute atomic E-state index is 0.1000. The van der Waals surface area contributed by atoms with Crippen molar-refractivity contribution < 1.29 is 9.53 Å². The van der Waals surface area contributed by atoms with Crippen molar-refractivity contribution in [3.63, 3.8) is 0 Å². The number of anilines is 1. The number of amides is 1. The summed E-state index contributed by atoms with van der Waals surface area (Å²) in [7, 11) is 3.21. The summed E-state index contributed by atoms with van der Waals surface area (Å²) < 4.78 is 7.25. The Labute approximate surface area is 140 Å². The summed E-state index contributed by atoms with van der Waals surface area (Å²) in [4.78, 5) is 12.8. The van der Waals surface area contributed by atoms with Crippen molar-refractivity contribution in [2.75, 3.05) is 25.0 Å². The molecule has 0 aromatic heterocycles. The molecule has 1 N–H and O–H groups in total. The zero-order chi connectivity index (χ0) is 16.7. The number of rotatable bonds is 6. The molecule has 0 bridgehead atoms. The highest BCUT2D eigenvalue weighted by atomic mass is 32.2. The first-order valence-corrected chi connectivity index (χ1v) is 7.74. The second-order valence-electron chi connectivity index (χ2n) is 4.61. The van der Waals surface area contributed by atoms with Crippen molar-refractivity contribution in [1.29, 1.82) is 5.26 Å². The number of nitrogens with one attached hydrogen (secondary N) is 1. The van der Waals surface area contributed by atoms with E-state index in [-0.39, 0.29) is 12.5 Å². The van der Waals surface area contributed by atoms with Crippen LogP contribution in [0.25, 0.3) is 0 Å². The number of carbonyl (C=O) groups excluding carboxylic acids is 1. The second kappa shape index (κ2) is 8.11. The van der Waals surface area contributed by atoms with Gasteiger partial charge in [0.05, 0.1) is 24.4 Å². The Bertz CT molecular complexity index is 711. The molecular weight excluding hydrogens is 310 g/mol. The Balaban J connectivity index is 2.29. The Morgan fingerprint density at radius 2 is 1.96 bits per heavy atom. The Morgan fingerprint density at radius 3 is 2.57 bits per heavy atom. The zero-order valence-corrected chi connectivity index (χ0v) is 13.8. The van der Waals surface area contributed by atoms with Crippen LogP contribution in [0.2, 0.25) is 0 Å². The van der Waals surface area contributed by atoms with Gasteiger partial charge in [0.2, 0.25) is 5.91 Å². The number of likely N-dealkylation sites (N-methyl/N-ethyl adjacent to an activating group) is 1. The number of carbonyl (C=O) groups is 1. The maximum absolute atomic E-state index is 11.8. The standard InChI is InChI=1S/C17H17N3O2S/c1-19-17(21)12-20(15-5-3-4-6-16(15)22-2)23-14-9-7-13(11-18)8-10-14/h3-10H,12H2,1-2H3,(H,19,21). The lowest BCUT2D eigenvalue weighted by atomic mass is 10.2. The van der Waals surface area contributed by atoms with Crippen molar-refractivity contribution in [3.8, 4) is 11.8 Å². The van der Waals surface area contributed by atoms with Gasteiger partial charge >= 0.3 is 0 Å². The van der Waals surface area contributed by atoms with Crippen LogP contribution in [0.15, 0.2) is 53.4 Å². The van der Waals surface area contributed by atoms with E-state index in [0.29, 0.717) is 11.3 Å². The van der Waals surface area contributed by atoms with Crippen LogP contribution in [-0.4, -0.2) is 26.6 Å². The lowest BCUT2D eigenvalue weighted by Gasteiger charge is -2.24. The first kappa shape index (κ1) is 16.7. The molecule has 0 aliphatic heterocycles. The lowest BCUT2D eigenvalue weighted by Crippen LogP contribution is -2.31. The highest BCUT2D eigenvalue weighted by Gasteiger charge is 2.16. The van der Waals surface area contributed by atoms with Crippen molar-refractivity contribution in [2.45, 2.75) is 4.90 Å². The van der Waals surface area contributed by atoms with Crippen molar-refractivity contribution in [1.82, 2.24) is 5.32 Å². The van der Waals surface area contributed by atoms with Crippen molar-refractivity contribution >= 4 is 23.5 Å². The smallest absolute Gasteiger partial charge is 0.240 e. The Hall–Kier alpha value is -2.65. The first-order valence-electron chi connectivity index (χ1n) is 6.97. The van der Waals surface area contributed by atoms with Gasteiger partial charge in [-0.25, -0.2) is 0 Å². The van der Waals surface area contributed by atoms with E-state index in [1.54, 1.807) is 26.3 Å². The average Bonchev–Trinajstić information content (AvgIpc) is 2.61. The monoisotopic (exact) mass is 327 g/mol.